The number of carboxylic acid groups (broad SMARTS) is 1. The molecule has 3 fully saturated rings. The molecule has 4 atom stereocenters. The molecule has 0 unspecified atom stereocenters. The highest BCUT2D eigenvalue weighted by Gasteiger charge is 2.45. The van der Waals surface area contributed by atoms with Crippen LogP contribution in [0, 0.1) is 26.7 Å². The van der Waals surface area contributed by atoms with Crippen molar-refractivity contribution in [3.05, 3.63) is 89.8 Å². The van der Waals surface area contributed by atoms with Crippen molar-refractivity contribution in [1.82, 2.24) is 65.2 Å². The average molecular weight is 1160 g/mol. The zero-order chi connectivity index (χ0) is 59.3. The number of hydrogen-bond acceptors (Lipinski definition) is 17. The first kappa shape index (κ1) is 59.4. The second-order valence-electron chi connectivity index (χ2n) is 22.7. The van der Waals surface area contributed by atoms with Crippen molar-refractivity contribution in [2.24, 2.45) is 5.92 Å². The standard InChI is InChI=1S/C57H74N16O9S/c1-34-26-47(73(68-34)41-18-13-10-14-19-41)63-53(76)44-27-40(32-72(44)54(77)48(38-16-11-9-12-17-38)64-51(74)37(4)69(8)56(78)79)62-52(75)39-30-58-55(59-31-39)71-23-21-70(22-24-71)20-15-25-82-45-29-43-42(28-46(45)83(80,81)57(5,6)7)50(61-33-60-43)65-49-35(2)36(3)66-67-49/h10,13-14,18-19,26,28-31,33,37-38,40,44,48H,9,11-12,15-17,20-25,27,32H2,1-8H3,(H,62,75)(H,63,76)(H,64,74)(H,78,79)(H2,60,61,65,66,67)/t37-,40-,44-,48-/m0/s1. The number of ether oxygens (including phenoxy) is 1. The first-order chi connectivity index (χ1) is 39.6. The van der Waals surface area contributed by atoms with Gasteiger partial charge in [-0.3, -0.25) is 34.1 Å². The quantitative estimate of drug-likeness (QED) is 0.0541. The molecule has 6 aromatic rings. The van der Waals surface area contributed by atoms with Gasteiger partial charge < -0.3 is 40.9 Å². The molecule has 3 aliphatic rings. The van der Waals surface area contributed by atoms with Crippen LogP contribution in [0.1, 0.15) is 99.9 Å². The fourth-order valence-electron chi connectivity index (χ4n) is 10.7. The Morgan fingerprint density at radius 1 is 0.916 bits per heavy atom. The summed E-state index contributed by atoms with van der Waals surface area (Å²) >= 11 is 0. The molecule has 0 spiro atoms. The van der Waals surface area contributed by atoms with E-state index in [1.165, 1.54) is 37.6 Å². The van der Waals surface area contributed by atoms with Gasteiger partial charge in [0.05, 0.1) is 33.8 Å². The van der Waals surface area contributed by atoms with E-state index in [9.17, 15) is 37.5 Å². The van der Waals surface area contributed by atoms with Gasteiger partial charge in [-0.15, -0.1) is 0 Å². The SMILES string of the molecule is Cc1cc(NC(=O)[C@@H]2C[C@H](NC(=O)c3cnc(N4CCN(CCCOc5cc6ncnc(Nc7n[nH]c(C)c7C)c6cc5S(=O)(=O)C(C)(C)C)CC4)nc3)CN2C(=O)[C@@H](NC(=O)[C@H](C)N(C)C(=O)O)C2CCCCC2)n(-c2ccccc2)n1. The number of hydrogen-bond donors (Lipinski definition) is 6. The van der Waals surface area contributed by atoms with Crippen LogP contribution in [0.25, 0.3) is 16.6 Å². The average Bonchev–Trinajstić information content (AvgIpc) is 4.22. The Balaban J connectivity index is 0.831. The number of piperazine rings is 1. The van der Waals surface area contributed by atoms with E-state index in [1.807, 2.05) is 49.1 Å². The molecule has 0 radical (unpaired) electrons. The Bertz CT molecular complexity index is 3450. The van der Waals surface area contributed by atoms with E-state index in [2.05, 4.69) is 61.4 Å². The highest BCUT2D eigenvalue weighted by molar-refractivity contribution is 7.92. The van der Waals surface area contributed by atoms with Crippen LogP contribution >= 0.6 is 0 Å². The van der Waals surface area contributed by atoms with Crippen LogP contribution in [0.3, 0.4) is 0 Å². The van der Waals surface area contributed by atoms with E-state index < -0.39 is 68.5 Å². The van der Waals surface area contributed by atoms with E-state index in [0.29, 0.717) is 97.7 Å². The van der Waals surface area contributed by atoms with Crippen molar-refractivity contribution in [2.75, 3.05) is 68.5 Å². The van der Waals surface area contributed by atoms with Gasteiger partial charge in [-0.2, -0.15) is 10.2 Å². The number of fused-ring (bicyclic) bond motifs is 1. The van der Waals surface area contributed by atoms with Crippen LogP contribution in [0.15, 0.2) is 72.1 Å². The molecule has 2 saturated heterocycles. The molecule has 6 N–H and O–H groups in total. The summed E-state index contributed by atoms with van der Waals surface area (Å²) in [5, 5.41) is 34.1. The first-order valence-corrected chi connectivity index (χ1v) is 29.6. The smallest absolute Gasteiger partial charge is 0.407 e. The van der Waals surface area contributed by atoms with E-state index in [0.717, 1.165) is 35.4 Å². The number of sulfone groups is 1. The summed E-state index contributed by atoms with van der Waals surface area (Å²) in [6.45, 7) is 15.5. The summed E-state index contributed by atoms with van der Waals surface area (Å²) in [6, 6.07) is 10.3. The third-order valence-electron chi connectivity index (χ3n) is 16.0. The molecule has 83 heavy (non-hydrogen) atoms. The van der Waals surface area contributed by atoms with Crippen LogP contribution < -0.4 is 30.9 Å². The maximum absolute atomic E-state index is 15.0. The second-order valence-corrected chi connectivity index (χ2v) is 25.3. The van der Waals surface area contributed by atoms with Crippen LogP contribution in [0.2, 0.25) is 0 Å². The normalized spacial score (nSPS) is 17.9. The number of carbonyl (C=O) groups is 5. The summed E-state index contributed by atoms with van der Waals surface area (Å²) in [5.74, 6) is -0.379. The molecule has 2 aliphatic heterocycles. The number of carbonyl (C=O) groups excluding carboxylic acids is 4. The molecular weight excluding hydrogens is 1080 g/mol. The number of H-pyrrole nitrogens is 1. The number of nitrogens with one attached hydrogen (secondary N) is 5. The number of para-hydroxylation sites is 1. The highest BCUT2D eigenvalue weighted by Crippen LogP contribution is 2.38. The summed E-state index contributed by atoms with van der Waals surface area (Å²) in [6.07, 6.45) is 7.62. The Hall–Kier alpha value is -8.26. The van der Waals surface area contributed by atoms with Gasteiger partial charge in [-0.05, 0) is 98.3 Å². The van der Waals surface area contributed by atoms with E-state index >= 15 is 0 Å². The molecular formula is C57H74N16O9S. The Morgan fingerprint density at radius 3 is 2.29 bits per heavy atom. The third-order valence-corrected chi connectivity index (χ3v) is 18.5. The van der Waals surface area contributed by atoms with Crippen LogP contribution in [-0.4, -0.2) is 180 Å². The number of anilines is 4. The lowest BCUT2D eigenvalue weighted by atomic mass is 9.83. The van der Waals surface area contributed by atoms with Gasteiger partial charge in [-0.25, -0.2) is 37.8 Å². The first-order valence-electron chi connectivity index (χ1n) is 28.1. The molecule has 0 bridgehead atoms. The second kappa shape index (κ2) is 25.1. The lowest BCUT2D eigenvalue weighted by Gasteiger charge is -2.35. The number of amides is 5. The number of benzene rings is 2. The van der Waals surface area contributed by atoms with Gasteiger partial charge >= 0.3 is 6.09 Å². The highest BCUT2D eigenvalue weighted by atomic mass is 32.2. The van der Waals surface area contributed by atoms with E-state index in [-0.39, 0.29) is 41.7 Å². The molecule has 442 valence electrons. The number of aryl methyl sites for hydroxylation is 2. The number of aromatic nitrogens is 8. The Morgan fingerprint density at radius 2 is 1.63 bits per heavy atom. The van der Waals surface area contributed by atoms with Gasteiger partial charge in [0.15, 0.2) is 15.7 Å². The number of aromatic amines is 1. The number of rotatable bonds is 19. The van der Waals surface area contributed by atoms with Crippen molar-refractivity contribution >= 4 is 73.9 Å². The lowest BCUT2D eigenvalue weighted by Crippen LogP contribution is -2.58. The van der Waals surface area contributed by atoms with Crippen molar-refractivity contribution in [3.63, 3.8) is 0 Å². The fraction of sp³-hybridized carbons (Fsp3) is 0.491. The topological polar surface area (TPSA) is 308 Å². The molecule has 26 heteroatoms. The van der Waals surface area contributed by atoms with Crippen molar-refractivity contribution in [2.45, 2.75) is 127 Å². The molecule has 1 aliphatic carbocycles. The maximum Gasteiger partial charge on any atom is 0.407 e. The molecule has 9 rings (SSSR count). The van der Waals surface area contributed by atoms with Crippen molar-refractivity contribution in [3.8, 4) is 11.4 Å². The van der Waals surface area contributed by atoms with Gasteiger partial charge in [0, 0.05) is 93.5 Å². The summed E-state index contributed by atoms with van der Waals surface area (Å²) in [7, 11) is -2.58. The summed E-state index contributed by atoms with van der Waals surface area (Å²) in [4.78, 5) is 93.6. The third kappa shape index (κ3) is 13.3. The molecule has 2 aromatic carbocycles. The summed E-state index contributed by atoms with van der Waals surface area (Å²) < 4.78 is 34.8. The fourth-order valence-corrected chi connectivity index (χ4v) is 12.0. The predicted molar refractivity (Wildman–Crippen MR) is 311 cm³/mol. The van der Waals surface area contributed by atoms with E-state index in [4.69, 9.17) is 4.74 Å². The summed E-state index contributed by atoms with van der Waals surface area (Å²) in [5.41, 5.74) is 3.84. The Labute approximate surface area is 482 Å². The monoisotopic (exact) mass is 1160 g/mol. The van der Waals surface area contributed by atoms with Crippen LogP contribution in [0.5, 0.6) is 5.75 Å². The minimum absolute atomic E-state index is 0.0472. The molecule has 6 heterocycles. The minimum Gasteiger partial charge on any atom is -0.492 e. The lowest BCUT2D eigenvalue weighted by molar-refractivity contribution is -0.142. The maximum atomic E-state index is 15.0. The predicted octanol–water partition coefficient (Wildman–Crippen LogP) is 5.56. The minimum atomic E-state index is -3.87. The van der Waals surface area contributed by atoms with Crippen molar-refractivity contribution < 1.29 is 42.2 Å². The number of likely N-dealkylation sites (N-methyl/N-ethyl adjacent to an activating group) is 1. The van der Waals surface area contributed by atoms with E-state index in [1.54, 1.807) is 50.6 Å². The van der Waals surface area contributed by atoms with Gasteiger partial charge in [-0.1, -0.05) is 37.5 Å². The zero-order valence-corrected chi connectivity index (χ0v) is 49.0. The van der Waals surface area contributed by atoms with Crippen LogP contribution in [0.4, 0.5) is 28.2 Å². The Kier molecular flexibility index (Phi) is 17.9. The van der Waals surface area contributed by atoms with Crippen molar-refractivity contribution in [1.29, 1.82) is 0 Å². The molecule has 4 aromatic heterocycles. The van der Waals surface area contributed by atoms with Crippen LogP contribution in [-0.2, 0) is 24.2 Å². The molecule has 1 saturated carbocycles. The molecule has 25 nitrogen and oxygen atoms in total. The largest absolute Gasteiger partial charge is 0.492 e. The molecule has 5 amide bonds. The van der Waals surface area contributed by atoms with Gasteiger partial charge in [0.1, 0.15) is 46.7 Å². The zero-order valence-electron chi connectivity index (χ0n) is 48.2. The van der Waals surface area contributed by atoms with Gasteiger partial charge in [0.2, 0.25) is 23.7 Å². The number of nitrogens with zero attached hydrogens (tertiary/aromatic N) is 11. The van der Waals surface area contributed by atoms with Gasteiger partial charge in [0.25, 0.3) is 5.91 Å². The number of likely N-dealkylation sites (tertiary alicyclic amines) is 1.